The van der Waals surface area contributed by atoms with Crippen LogP contribution in [0.2, 0.25) is 0 Å². The van der Waals surface area contributed by atoms with Gasteiger partial charge < -0.3 is 31.9 Å². The van der Waals surface area contributed by atoms with Crippen molar-refractivity contribution in [1.82, 2.24) is 19.9 Å². The lowest BCUT2D eigenvalue weighted by Crippen LogP contribution is -3.00. The number of carboxylic acid groups (broad SMARTS) is 1. The Hall–Kier alpha value is -5.22. The first-order valence-corrected chi connectivity index (χ1v) is 18.0. The molecule has 0 saturated carbocycles. The Morgan fingerprint density at radius 1 is 0.833 bits per heavy atom. The van der Waals surface area contributed by atoms with Gasteiger partial charge in [0.2, 0.25) is 0 Å². The van der Waals surface area contributed by atoms with Crippen molar-refractivity contribution in [3.63, 3.8) is 0 Å². The summed E-state index contributed by atoms with van der Waals surface area (Å²) in [7, 11) is 0. The predicted octanol–water partition coefficient (Wildman–Crippen LogP) is 4.54. The number of benzene rings is 5. The number of para-hydroxylation sites is 2. The number of nitrogens with zero attached hydrogens (tertiary/aromatic N) is 5. The maximum atomic E-state index is 10.8. The van der Waals surface area contributed by atoms with Crippen molar-refractivity contribution in [2.24, 2.45) is 0 Å². The van der Waals surface area contributed by atoms with Crippen LogP contribution in [-0.4, -0.2) is 63.8 Å². The Balaban J connectivity index is 0.000000205. The quantitative estimate of drug-likeness (QED) is 0.153. The van der Waals surface area contributed by atoms with E-state index in [9.17, 15) is 4.79 Å². The zero-order valence-electron chi connectivity index (χ0n) is 30.0. The normalized spacial score (nSPS) is 14.0. The molecule has 5 aromatic carbocycles. The lowest BCUT2D eigenvalue weighted by molar-refractivity contribution is -0.734. The molecule has 54 heavy (non-hydrogen) atoms. The van der Waals surface area contributed by atoms with E-state index in [0.717, 1.165) is 67.2 Å². The van der Waals surface area contributed by atoms with Gasteiger partial charge in [0.25, 0.3) is 0 Å². The van der Waals surface area contributed by atoms with Crippen molar-refractivity contribution in [3.05, 3.63) is 151 Å². The van der Waals surface area contributed by atoms with Gasteiger partial charge in [0.05, 0.1) is 30.3 Å². The molecule has 8 rings (SSSR count). The molecule has 3 heterocycles. The second-order valence-electron chi connectivity index (χ2n) is 13.3. The molecular formula is C43H45Cl2N5O4. The number of aryl methyl sites for hydroxylation is 1. The Kier molecular flexibility index (Phi) is 14.2. The first-order valence-electron chi connectivity index (χ1n) is 18.0. The van der Waals surface area contributed by atoms with Crippen LogP contribution < -0.4 is 26.7 Å². The molecule has 2 aliphatic heterocycles. The number of hydrogen-bond acceptors (Lipinski definition) is 6. The smallest absolute Gasteiger partial charge is 0.340 e. The third-order valence-corrected chi connectivity index (χ3v) is 9.77. The number of aromatic nitrogens is 4. The number of aliphatic carboxylic acids is 1. The first kappa shape index (κ1) is 40.0. The Morgan fingerprint density at radius 2 is 1.46 bits per heavy atom. The summed E-state index contributed by atoms with van der Waals surface area (Å²) in [6.07, 6.45) is 4.24. The van der Waals surface area contributed by atoms with Crippen LogP contribution >= 0.6 is 12.4 Å². The van der Waals surface area contributed by atoms with Crippen LogP contribution in [0.4, 0.5) is 0 Å². The average molecular weight is 767 g/mol. The van der Waals surface area contributed by atoms with E-state index in [4.69, 9.17) is 24.8 Å². The fourth-order valence-corrected chi connectivity index (χ4v) is 6.87. The van der Waals surface area contributed by atoms with E-state index >= 15 is 0 Å². The van der Waals surface area contributed by atoms with Gasteiger partial charge in [-0.2, -0.15) is 0 Å². The third-order valence-electron chi connectivity index (χ3n) is 9.77. The molecule has 1 aromatic heterocycles. The minimum absolute atomic E-state index is 0. The molecule has 1 fully saturated rings. The molecule has 0 amide bonds. The molecule has 1 spiro atoms. The second-order valence-corrected chi connectivity index (χ2v) is 13.3. The molecule has 0 aliphatic carbocycles. The number of piperidine rings is 1. The van der Waals surface area contributed by atoms with E-state index in [-0.39, 0.29) is 36.6 Å². The van der Waals surface area contributed by atoms with Gasteiger partial charge in [0.1, 0.15) is 17.2 Å². The molecule has 0 unspecified atom stereocenters. The van der Waals surface area contributed by atoms with Gasteiger partial charge in [-0.25, -0.2) is 0 Å². The Labute approximate surface area is 329 Å². The van der Waals surface area contributed by atoms with Crippen LogP contribution in [0.5, 0.6) is 11.5 Å². The van der Waals surface area contributed by atoms with Crippen LogP contribution in [0.3, 0.4) is 0 Å². The molecule has 11 heteroatoms. The van der Waals surface area contributed by atoms with E-state index < -0.39 is 5.97 Å². The highest BCUT2D eigenvalue weighted by molar-refractivity contribution is 5.85. The largest absolute Gasteiger partial charge is 1.00 e. The summed E-state index contributed by atoms with van der Waals surface area (Å²) in [4.78, 5) is 16.7. The van der Waals surface area contributed by atoms with Crippen molar-refractivity contribution in [2.75, 3.05) is 32.8 Å². The van der Waals surface area contributed by atoms with Gasteiger partial charge in [-0.1, -0.05) is 91.0 Å². The molecule has 0 bridgehead atoms. The number of rotatable bonds is 11. The molecule has 0 atom stereocenters. The van der Waals surface area contributed by atoms with Gasteiger partial charge >= 0.3 is 11.8 Å². The van der Waals surface area contributed by atoms with E-state index in [1.807, 2.05) is 113 Å². The number of halogens is 2. The zero-order chi connectivity index (χ0) is 35.6. The number of carboxylic acids is 1. The van der Waals surface area contributed by atoms with Gasteiger partial charge in [0, 0.05) is 28.4 Å². The van der Waals surface area contributed by atoms with Crippen LogP contribution in [0.25, 0.3) is 22.8 Å². The number of tetrazole rings is 1. The number of hydrogen-bond donors (Lipinski definition) is 1. The highest BCUT2D eigenvalue weighted by atomic mass is 35.5. The summed E-state index contributed by atoms with van der Waals surface area (Å²) in [5, 5.41) is 18.3. The Bertz CT molecular complexity index is 1990. The third kappa shape index (κ3) is 9.85. The minimum Gasteiger partial charge on any atom is -1.00 e. The molecule has 6 aromatic rings. The van der Waals surface area contributed by atoms with Crippen LogP contribution in [0.15, 0.2) is 140 Å². The monoisotopic (exact) mass is 765 g/mol. The molecule has 0 radical (unpaired) electrons. The van der Waals surface area contributed by atoms with Crippen molar-refractivity contribution in [3.8, 4) is 34.3 Å². The lowest BCUT2D eigenvalue weighted by Gasteiger charge is -2.38. The van der Waals surface area contributed by atoms with Crippen LogP contribution in [0.1, 0.15) is 36.8 Å². The second kappa shape index (κ2) is 19.2. The summed E-state index contributed by atoms with van der Waals surface area (Å²) in [6.45, 7) is 3.89. The average Bonchev–Trinajstić information content (AvgIpc) is 3.80. The number of likely N-dealkylation sites (tertiary alicyclic amines) is 1. The van der Waals surface area contributed by atoms with E-state index in [1.54, 1.807) is 0 Å². The highest BCUT2D eigenvalue weighted by Crippen LogP contribution is 2.46. The van der Waals surface area contributed by atoms with E-state index in [1.165, 1.54) is 11.1 Å². The topological polar surface area (TPSA) is 93.6 Å². The van der Waals surface area contributed by atoms with E-state index in [2.05, 4.69) is 41.3 Å². The highest BCUT2D eigenvalue weighted by Gasteiger charge is 2.43. The molecule has 2 aliphatic rings. The van der Waals surface area contributed by atoms with Crippen LogP contribution in [-0.2, 0) is 16.6 Å². The summed E-state index contributed by atoms with van der Waals surface area (Å²) in [5.41, 5.74) is 5.61. The molecule has 1 N–H and O–H groups in total. The predicted molar refractivity (Wildman–Crippen MR) is 207 cm³/mol. The summed E-state index contributed by atoms with van der Waals surface area (Å²) in [6, 6.07) is 46.8. The minimum atomic E-state index is -0.726. The molecule has 280 valence electrons. The Morgan fingerprint density at radius 3 is 2.13 bits per heavy atom. The maximum Gasteiger partial charge on any atom is 0.340 e. The van der Waals surface area contributed by atoms with Crippen molar-refractivity contribution in [1.29, 1.82) is 0 Å². The standard InChI is InChI=1S/C24H29NO4.C19H15N4.2ClH/c26-23(27)10-13-25-14-11-24(12-15-25)18-29-22-17-20(8-9-21(22)24)28-16-4-7-19-5-2-1-3-6-19;1-4-10-16(11-5-1)19-20-22(17-12-6-2-7-13-17)23(21-19)18-14-8-3-9-15-18;;/h1-3,5-6,8-9,17H,4,7,10-16,18H2,(H,26,27);1-15H;2*1H/q;+1;;/p-1. The van der Waals surface area contributed by atoms with Crippen molar-refractivity contribution < 1.29 is 36.6 Å². The fraction of sp³-hybridized carbons (Fsp3) is 0.256. The number of fused-ring (bicyclic) bond motifs is 2. The molecule has 9 nitrogen and oxygen atoms in total. The fourth-order valence-electron chi connectivity index (χ4n) is 6.87. The van der Waals surface area contributed by atoms with Crippen LogP contribution in [0, 0.1) is 0 Å². The molecule has 1 saturated heterocycles. The zero-order valence-corrected chi connectivity index (χ0v) is 31.6. The summed E-state index contributed by atoms with van der Waals surface area (Å²) < 4.78 is 12.0. The number of ether oxygens (including phenoxy) is 2. The first-order chi connectivity index (χ1) is 25.6. The molecular weight excluding hydrogens is 721 g/mol. The van der Waals surface area contributed by atoms with Crippen molar-refractivity contribution >= 4 is 18.4 Å². The maximum absolute atomic E-state index is 10.8. The lowest BCUT2D eigenvalue weighted by atomic mass is 9.74. The summed E-state index contributed by atoms with van der Waals surface area (Å²) >= 11 is 0. The van der Waals surface area contributed by atoms with Crippen molar-refractivity contribution in [2.45, 2.75) is 37.5 Å². The number of carbonyl (C=O) groups is 1. The van der Waals surface area contributed by atoms with Gasteiger partial charge in [-0.05, 0) is 96.7 Å². The van der Waals surface area contributed by atoms with Gasteiger partial charge in [-0.3, -0.25) is 4.79 Å². The SMILES string of the molecule is Cl.O=C(O)CCN1CCC2(CC1)COc1cc(OCCCc3ccccc3)ccc12.[Cl-].c1ccc(-c2nn(-c3ccccc3)[n+](-c3ccccc3)n2)cc1. The van der Waals surface area contributed by atoms with Gasteiger partial charge in [0.15, 0.2) is 5.69 Å². The van der Waals surface area contributed by atoms with E-state index in [0.29, 0.717) is 25.6 Å². The van der Waals surface area contributed by atoms with Gasteiger partial charge in [-0.15, -0.1) is 12.4 Å². The summed E-state index contributed by atoms with van der Waals surface area (Å²) in [5.74, 6) is 1.78.